The highest BCUT2D eigenvalue weighted by atomic mass is 16.5. The van der Waals surface area contributed by atoms with Gasteiger partial charge in [-0.15, -0.1) is 6.58 Å². The fourth-order valence-electron chi connectivity index (χ4n) is 2.55. The van der Waals surface area contributed by atoms with Crippen LogP contribution in [-0.2, 0) is 25.7 Å². The third kappa shape index (κ3) is 10.4. The van der Waals surface area contributed by atoms with E-state index in [2.05, 4.69) is 17.2 Å². The molecule has 0 aliphatic carbocycles. The van der Waals surface area contributed by atoms with Gasteiger partial charge in [-0.25, -0.2) is 9.59 Å². The molecule has 1 atom stereocenters. The van der Waals surface area contributed by atoms with Crippen molar-refractivity contribution in [3.63, 3.8) is 0 Å². The number of hydrogen-bond donors (Lipinski definition) is 2. The number of allylic oxidation sites excluding steroid dienone is 1. The summed E-state index contributed by atoms with van der Waals surface area (Å²) in [5.41, 5.74) is 0.848. The van der Waals surface area contributed by atoms with Crippen molar-refractivity contribution in [2.24, 2.45) is 0 Å². The molecule has 2 N–H and O–H groups in total. The Labute approximate surface area is 166 Å². The molecule has 154 valence electrons. The SMILES string of the molecule is C=CCCCCCC[C@H](NC(=O)CNC(=O)OCc1ccccc1)C(=O)OC. The van der Waals surface area contributed by atoms with Crippen LogP contribution in [0.5, 0.6) is 0 Å². The van der Waals surface area contributed by atoms with E-state index in [1.165, 1.54) is 7.11 Å². The lowest BCUT2D eigenvalue weighted by Gasteiger charge is -2.16. The number of nitrogens with one attached hydrogen (secondary N) is 2. The molecular formula is C21H30N2O5. The van der Waals surface area contributed by atoms with Crippen LogP contribution in [0.2, 0.25) is 0 Å². The summed E-state index contributed by atoms with van der Waals surface area (Å²) in [6.45, 7) is 3.52. The average Bonchev–Trinajstić information content (AvgIpc) is 2.72. The van der Waals surface area contributed by atoms with E-state index in [-0.39, 0.29) is 13.2 Å². The lowest BCUT2D eigenvalue weighted by molar-refractivity contribution is -0.145. The van der Waals surface area contributed by atoms with E-state index in [0.717, 1.165) is 37.7 Å². The zero-order valence-electron chi connectivity index (χ0n) is 16.4. The van der Waals surface area contributed by atoms with Crippen molar-refractivity contribution in [2.75, 3.05) is 13.7 Å². The molecular weight excluding hydrogens is 360 g/mol. The molecule has 0 heterocycles. The average molecular weight is 390 g/mol. The van der Waals surface area contributed by atoms with Gasteiger partial charge in [-0.2, -0.15) is 0 Å². The van der Waals surface area contributed by atoms with Gasteiger partial charge < -0.3 is 20.1 Å². The lowest BCUT2D eigenvalue weighted by Crippen LogP contribution is -2.46. The van der Waals surface area contributed by atoms with E-state index in [1.807, 2.05) is 36.4 Å². The van der Waals surface area contributed by atoms with Crippen molar-refractivity contribution >= 4 is 18.0 Å². The molecule has 0 fully saturated rings. The predicted octanol–water partition coefficient (Wildman–Crippen LogP) is 3.10. The minimum Gasteiger partial charge on any atom is -0.467 e. The molecule has 0 saturated heterocycles. The van der Waals surface area contributed by atoms with Gasteiger partial charge in [0.05, 0.1) is 7.11 Å². The Balaban J connectivity index is 2.29. The van der Waals surface area contributed by atoms with Crippen LogP contribution in [0.25, 0.3) is 0 Å². The first-order valence-electron chi connectivity index (χ1n) is 9.49. The summed E-state index contributed by atoms with van der Waals surface area (Å²) in [5, 5.41) is 4.97. The van der Waals surface area contributed by atoms with E-state index >= 15 is 0 Å². The lowest BCUT2D eigenvalue weighted by atomic mass is 10.1. The number of unbranched alkanes of at least 4 members (excludes halogenated alkanes) is 4. The number of methoxy groups -OCH3 is 1. The van der Waals surface area contributed by atoms with Gasteiger partial charge in [0.1, 0.15) is 19.2 Å². The Morgan fingerprint density at radius 2 is 1.82 bits per heavy atom. The zero-order chi connectivity index (χ0) is 20.6. The molecule has 0 spiro atoms. The van der Waals surface area contributed by atoms with Crippen molar-refractivity contribution in [3.8, 4) is 0 Å². The fourth-order valence-corrected chi connectivity index (χ4v) is 2.55. The standard InChI is InChI=1S/C21H30N2O5/c1-3-4-5-6-7-11-14-18(20(25)27-2)23-19(24)15-22-21(26)28-16-17-12-9-8-10-13-17/h3,8-10,12-13,18H,1,4-7,11,14-16H2,2H3,(H,22,26)(H,23,24)/t18-/m0/s1. The first-order chi connectivity index (χ1) is 13.6. The second-order valence-corrected chi connectivity index (χ2v) is 6.34. The highest BCUT2D eigenvalue weighted by Gasteiger charge is 2.21. The maximum Gasteiger partial charge on any atom is 0.407 e. The van der Waals surface area contributed by atoms with Crippen molar-refractivity contribution in [3.05, 3.63) is 48.6 Å². The van der Waals surface area contributed by atoms with Crippen LogP contribution in [0.15, 0.2) is 43.0 Å². The predicted molar refractivity (Wildman–Crippen MR) is 106 cm³/mol. The van der Waals surface area contributed by atoms with Crippen LogP contribution in [-0.4, -0.2) is 37.7 Å². The van der Waals surface area contributed by atoms with Crippen molar-refractivity contribution in [2.45, 2.75) is 51.2 Å². The maximum absolute atomic E-state index is 12.0. The van der Waals surface area contributed by atoms with Gasteiger partial charge in [-0.05, 0) is 24.8 Å². The molecule has 7 heteroatoms. The van der Waals surface area contributed by atoms with Crippen molar-refractivity contribution in [1.29, 1.82) is 0 Å². The Morgan fingerprint density at radius 3 is 2.50 bits per heavy atom. The Bertz CT molecular complexity index is 618. The molecule has 0 aliphatic heterocycles. The highest BCUT2D eigenvalue weighted by molar-refractivity contribution is 5.87. The van der Waals surface area contributed by atoms with Crippen LogP contribution < -0.4 is 10.6 Å². The highest BCUT2D eigenvalue weighted by Crippen LogP contribution is 2.09. The monoisotopic (exact) mass is 390 g/mol. The topological polar surface area (TPSA) is 93.7 Å². The van der Waals surface area contributed by atoms with Gasteiger partial charge in [0, 0.05) is 0 Å². The number of esters is 1. The van der Waals surface area contributed by atoms with E-state index in [0.29, 0.717) is 6.42 Å². The van der Waals surface area contributed by atoms with Crippen molar-refractivity contribution in [1.82, 2.24) is 10.6 Å². The normalized spacial score (nSPS) is 11.2. The number of alkyl carbamates (subject to hydrolysis) is 1. The summed E-state index contributed by atoms with van der Waals surface area (Å²) < 4.78 is 9.78. The summed E-state index contributed by atoms with van der Waals surface area (Å²) in [5.74, 6) is -0.968. The number of rotatable bonds is 13. The largest absolute Gasteiger partial charge is 0.467 e. The summed E-state index contributed by atoms with van der Waals surface area (Å²) in [6, 6.07) is 8.50. The number of benzene rings is 1. The summed E-state index contributed by atoms with van der Waals surface area (Å²) in [6.07, 6.45) is 6.51. The van der Waals surface area contributed by atoms with Crippen LogP contribution in [0.3, 0.4) is 0 Å². The minimum absolute atomic E-state index is 0.116. The summed E-state index contributed by atoms with van der Waals surface area (Å²) in [7, 11) is 1.28. The van der Waals surface area contributed by atoms with Gasteiger partial charge in [-0.3, -0.25) is 4.79 Å². The molecule has 0 aliphatic rings. The van der Waals surface area contributed by atoms with Gasteiger partial charge in [0.25, 0.3) is 0 Å². The van der Waals surface area contributed by atoms with Crippen molar-refractivity contribution < 1.29 is 23.9 Å². The van der Waals surface area contributed by atoms with Gasteiger partial charge >= 0.3 is 12.1 Å². The molecule has 0 radical (unpaired) electrons. The first-order valence-corrected chi connectivity index (χ1v) is 9.49. The second kappa shape index (κ2) is 14.3. The number of hydrogen-bond acceptors (Lipinski definition) is 5. The quantitative estimate of drug-likeness (QED) is 0.307. The first kappa shape index (κ1) is 23.2. The van der Waals surface area contributed by atoms with E-state index in [4.69, 9.17) is 9.47 Å². The van der Waals surface area contributed by atoms with Crippen LogP contribution in [0.4, 0.5) is 4.79 Å². The molecule has 2 amide bonds. The molecule has 0 saturated carbocycles. The Morgan fingerprint density at radius 1 is 1.11 bits per heavy atom. The Kier molecular flexibility index (Phi) is 11.8. The second-order valence-electron chi connectivity index (χ2n) is 6.34. The molecule has 0 unspecified atom stereocenters. The van der Waals surface area contributed by atoms with E-state index < -0.39 is 24.0 Å². The third-order valence-corrected chi connectivity index (χ3v) is 4.08. The molecule has 7 nitrogen and oxygen atoms in total. The van der Waals surface area contributed by atoms with Gasteiger partial charge in [0.15, 0.2) is 0 Å². The maximum atomic E-state index is 12.0. The molecule has 1 aromatic rings. The molecule has 0 aromatic heterocycles. The third-order valence-electron chi connectivity index (χ3n) is 4.08. The van der Waals surface area contributed by atoms with E-state index in [1.54, 1.807) is 0 Å². The van der Waals surface area contributed by atoms with Gasteiger partial charge in [-0.1, -0.05) is 55.7 Å². The summed E-state index contributed by atoms with van der Waals surface area (Å²) >= 11 is 0. The number of amides is 2. The Hall–Kier alpha value is -2.83. The summed E-state index contributed by atoms with van der Waals surface area (Å²) in [4.78, 5) is 35.6. The number of carbonyl (C=O) groups is 3. The van der Waals surface area contributed by atoms with Crippen LogP contribution >= 0.6 is 0 Å². The number of carbonyl (C=O) groups excluding carboxylic acids is 3. The zero-order valence-corrected chi connectivity index (χ0v) is 16.4. The van der Waals surface area contributed by atoms with Crippen LogP contribution in [0.1, 0.15) is 44.1 Å². The minimum atomic E-state index is -0.723. The van der Waals surface area contributed by atoms with Gasteiger partial charge in [0.2, 0.25) is 5.91 Å². The molecule has 1 rings (SSSR count). The molecule has 28 heavy (non-hydrogen) atoms. The van der Waals surface area contributed by atoms with E-state index in [9.17, 15) is 14.4 Å². The van der Waals surface area contributed by atoms with Crippen LogP contribution in [0, 0.1) is 0 Å². The number of ether oxygens (including phenoxy) is 2. The molecule has 0 bridgehead atoms. The smallest absolute Gasteiger partial charge is 0.407 e. The fraction of sp³-hybridized carbons (Fsp3) is 0.476. The molecule has 1 aromatic carbocycles.